The van der Waals surface area contributed by atoms with Gasteiger partial charge in [0.05, 0.1) is 0 Å². The Bertz CT molecular complexity index is 732. The first kappa shape index (κ1) is 15.2. The first-order valence-corrected chi connectivity index (χ1v) is 7.53. The highest BCUT2D eigenvalue weighted by atomic mass is 19.1. The van der Waals surface area contributed by atoms with Crippen molar-refractivity contribution in [3.05, 3.63) is 90.1 Å². The molecule has 2 aromatic heterocycles. The summed E-state index contributed by atoms with van der Waals surface area (Å²) in [7, 11) is 0. The molecule has 0 N–H and O–H groups in total. The van der Waals surface area contributed by atoms with Crippen molar-refractivity contribution in [2.24, 2.45) is 0 Å². The fourth-order valence-corrected chi connectivity index (χ4v) is 2.41. The van der Waals surface area contributed by atoms with Gasteiger partial charge in [-0.05, 0) is 47.9 Å². The lowest BCUT2D eigenvalue weighted by molar-refractivity contribution is 0.606. The van der Waals surface area contributed by atoms with E-state index < -0.39 is 0 Å². The van der Waals surface area contributed by atoms with Crippen LogP contribution < -0.4 is 4.90 Å². The standard InChI is InChI=1S/C19H17FN3/c20-18-6-2-1-5-17(18)10-14-23(19-7-3-4-11-22-19)15-16-8-12-21-13-9-16/h1-6,8-9,11-13H,10,14-15H2. The lowest BCUT2D eigenvalue weighted by Gasteiger charge is -2.23. The quantitative estimate of drug-likeness (QED) is 0.696. The summed E-state index contributed by atoms with van der Waals surface area (Å²) in [5, 5.41) is 0. The Kier molecular flexibility index (Phi) is 4.94. The number of hydrogen-bond acceptors (Lipinski definition) is 3. The molecule has 1 radical (unpaired) electrons. The summed E-state index contributed by atoms with van der Waals surface area (Å²) in [6, 6.07) is 17.6. The zero-order valence-electron chi connectivity index (χ0n) is 12.7. The van der Waals surface area contributed by atoms with Crippen LogP contribution in [0.5, 0.6) is 0 Å². The molecule has 0 spiro atoms. The van der Waals surface area contributed by atoms with Gasteiger partial charge in [0.15, 0.2) is 0 Å². The molecule has 0 aliphatic heterocycles. The molecule has 0 saturated heterocycles. The Morgan fingerprint density at radius 3 is 2.57 bits per heavy atom. The number of benzene rings is 1. The molecule has 0 unspecified atom stereocenters. The number of aromatic nitrogens is 2. The lowest BCUT2D eigenvalue weighted by atomic mass is 10.1. The van der Waals surface area contributed by atoms with Crippen molar-refractivity contribution in [3.8, 4) is 0 Å². The van der Waals surface area contributed by atoms with Gasteiger partial charge in [0.1, 0.15) is 11.6 Å². The molecule has 0 aliphatic carbocycles. The molecule has 3 rings (SSSR count). The monoisotopic (exact) mass is 306 g/mol. The molecule has 3 nitrogen and oxygen atoms in total. The maximum absolute atomic E-state index is 13.8. The highest BCUT2D eigenvalue weighted by molar-refractivity contribution is 5.38. The van der Waals surface area contributed by atoms with Gasteiger partial charge >= 0.3 is 0 Å². The Hall–Kier alpha value is -2.75. The van der Waals surface area contributed by atoms with Crippen LogP contribution in [0.1, 0.15) is 11.1 Å². The van der Waals surface area contributed by atoms with Crippen LogP contribution in [-0.4, -0.2) is 16.5 Å². The number of rotatable bonds is 6. The second kappa shape index (κ2) is 7.49. The van der Waals surface area contributed by atoms with E-state index in [-0.39, 0.29) is 5.82 Å². The minimum atomic E-state index is -0.165. The third-order valence-electron chi connectivity index (χ3n) is 3.62. The third-order valence-corrected chi connectivity index (χ3v) is 3.62. The summed E-state index contributed by atoms with van der Waals surface area (Å²) >= 11 is 0. The fraction of sp³-hybridized carbons (Fsp3) is 0.158. The lowest BCUT2D eigenvalue weighted by Crippen LogP contribution is -2.26. The smallest absolute Gasteiger partial charge is 0.136 e. The Labute approximate surface area is 135 Å². The predicted octanol–water partition coefficient (Wildman–Crippen LogP) is 3.67. The van der Waals surface area contributed by atoms with Gasteiger partial charge in [-0.3, -0.25) is 4.98 Å². The van der Waals surface area contributed by atoms with Crippen molar-refractivity contribution < 1.29 is 4.39 Å². The molecular formula is C19H17FN3. The predicted molar refractivity (Wildman–Crippen MR) is 88.5 cm³/mol. The number of pyridine rings is 2. The van der Waals surface area contributed by atoms with Crippen LogP contribution >= 0.6 is 0 Å². The van der Waals surface area contributed by atoms with E-state index >= 15 is 0 Å². The van der Waals surface area contributed by atoms with Crippen LogP contribution in [-0.2, 0) is 13.0 Å². The van der Waals surface area contributed by atoms with Crippen molar-refractivity contribution in [2.45, 2.75) is 13.0 Å². The van der Waals surface area contributed by atoms with Gasteiger partial charge < -0.3 is 4.90 Å². The second-order valence-electron chi connectivity index (χ2n) is 5.22. The van der Waals surface area contributed by atoms with E-state index in [2.05, 4.69) is 20.9 Å². The summed E-state index contributed by atoms with van der Waals surface area (Å²) in [4.78, 5) is 10.5. The zero-order chi connectivity index (χ0) is 15.9. The summed E-state index contributed by atoms with van der Waals surface area (Å²) < 4.78 is 13.8. The van der Waals surface area contributed by atoms with Crippen LogP contribution in [0.15, 0.2) is 67.1 Å². The SMILES string of the molecule is Fc1ccccc1CCN(Cc1ccncc1)c1[c]cccn1. The van der Waals surface area contributed by atoms with Gasteiger partial charge in [-0.25, -0.2) is 9.37 Å². The summed E-state index contributed by atoms with van der Waals surface area (Å²) in [5.41, 5.74) is 1.84. The van der Waals surface area contributed by atoms with E-state index in [1.165, 1.54) is 6.07 Å². The van der Waals surface area contributed by atoms with Crippen LogP contribution in [0.2, 0.25) is 0 Å². The summed E-state index contributed by atoms with van der Waals surface area (Å²) in [5.74, 6) is 0.599. The molecule has 0 aliphatic rings. The molecule has 4 heteroatoms. The fourth-order valence-electron chi connectivity index (χ4n) is 2.41. The largest absolute Gasteiger partial charge is 0.351 e. The highest BCUT2D eigenvalue weighted by Gasteiger charge is 2.10. The first-order chi connectivity index (χ1) is 11.3. The number of halogens is 1. The number of hydrogen-bond donors (Lipinski definition) is 0. The van der Waals surface area contributed by atoms with Gasteiger partial charge in [-0.2, -0.15) is 0 Å². The van der Waals surface area contributed by atoms with E-state index in [1.807, 2.05) is 36.4 Å². The van der Waals surface area contributed by atoms with Crippen molar-refractivity contribution >= 4 is 5.82 Å². The van der Waals surface area contributed by atoms with Crippen LogP contribution in [0.4, 0.5) is 10.2 Å². The first-order valence-electron chi connectivity index (χ1n) is 7.53. The van der Waals surface area contributed by atoms with Crippen molar-refractivity contribution in [2.75, 3.05) is 11.4 Å². The molecule has 3 aromatic rings. The highest BCUT2D eigenvalue weighted by Crippen LogP contribution is 2.15. The Morgan fingerprint density at radius 1 is 1.00 bits per heavy atom. The molecule has 2 heterocycles. The second-order valence-corrected chi connectivity index (χ2v) is 5.22. The minimum absolute atomic E-state index is 0.165. The van der Waals surface area contributed by atoms with Gasteiger partial charge in [-0.15, -0.1) is 0 Å². The van der Waals surface area contributed by atoms with E-state index in [0.29, 0.717) is 25.1 Å². The molecule has 23 heavy (non-hydrogen) atoms. The average molecular weight is 306 g/mol. The molecule has 0 amide bonds. The van der Waals surface area contributed by atoms with Gasteiger partial charge in [0.2, 0.25) is 0 Å². The normalized spacial score (nSPS) is 10.5. The third kappa shape index (κ3) is 4.13. The van der Waals surface area contributed by atoms with Crippen LogP contribution in [0.3, 0.4) is 0 Å². The zero-order valence-corrected chi connectivity index (χ0v) is 12.7. The van der Waals surface area contributed by atoms with E-state index in [1.54, 1.807) is 24.7 Å². The number of nitrogens with zero attached hydrogens (tertiary/aromatic N) is 3. The van der Waals surface area contributed by atoms with Gasteiger partial charge in [-0.1, -0.05) is 18.2 Å². The van der Waals surface area contributed by atoms with Crippen molar-refractivity contribution in [1.29, 1.82) is 0 Å². The topological polar surface area (TPSA) is 29.0 Å². The van der Waals surface area contributed by atoms with E-state index in [9.17, 15) is 4.39 Å². The molecule has 0 bridgehead atoms. The van der Waals surface area contributed by atoms with Gasteiger partial charge in [0.25, 0.3) is 0 Å². The van der Waals surface area contributed by atoms with E-state index in [4.69, 9.17) is 0 Å². The van der Waals surface area contributed by atoms with Crippen molar-refractivity contribution in [3.63, 3.8) is 0 Å². The summed E-state index contributed by atoms with van der Waals surface area (Å²) in [6.45, 7) is 1.35. The minimum Gasteiger partial charge on any atom is -0.351 e. The molecule has 0 atom stereocenters. The van der Waals surface area contributed by atoms with Crippen molar-refractivity contribution in [1.82, 2.24) is 9.97 Å². The van der Waals surface area contributed by atoms with Crippen LogP contribution in [0, 0.1) is 11.9 Å². The maximum atomic E-state index is 13.8. The Morgan fingerprint density at radius 2 is 1.83 bits per heavy atom. The molecule has 0 saturated carbocycles. The molecule has 1 aromatic carbocycles. The maximum Gasteiger partial charge on any atom is 0.136 e. The average Bonchev–Trinajstić information content (AvgIpc) is 2.61. The molecular weight excluding hydrogens is 289 g/mol. The van der Waals surface area contributed by atoms with E-state index in [0.717, 1.165) is 11.4 Å². The molecule has 0 fully saturated rings. The van der Waals surface area contributed by atoms with Crippen LogP contribution in [0.25, 0.3) is 0 Å². The number of anilines is 1. The Balaban J connectivity index is 1.77. The molecule has 115 valence electrons. The van der Waals surface area contributed by atoms with Gasteiger partial charge in [0, 0.05) is 37.7 Å². The summed E-state index contributed by atoms with van der Waals surface area (Å²) in [6.07, 6.45) is 5.90.